The van der Waals surface area contributed by atoms with Crippen molar-refractivity contribution in [2.24, 2.45) is 0 Å². The lowest BCUT2D eigenvalue weighted by Crippen LogP contribution is -1.98. The molecule has 0 bridgehead atoms. The summed E-state index contributed by atoms with van der Waals surface area (Å²) in [5.74, 6) is -0.0221. The van der Waals surface area contributed by atoms with Gasteiger partial charge in [-0.3, -0.25) is 0 Å². The van der Waals surface area contributed by atoms with Crippen molar-refractivity contribution < 1.29 is 10.2 Å². The highest BCUT2D eigenvalue weighted by molar-refractivity contribution is 5.69. The van der Waals surface area contributed by atoms with E-state index in [1.165, 1.54) is 12.1 Å². The summed E-state index contributed by atoms with van der Waals surface area (Å²) in [5.41, 5.74) is 2.60. The highest BCUT2D eigenvalue weighted by Gasteiger charge is 2.11. The minimum Gasteiger partial charge on any atom is -0.508 e. The van der Waals surface area contributed by atoms with Gasteiger partial charge in [0.2, 0.25) is 0 Å². The number of phenolic OH excluding ortho intramolecular Hbond substituents is 2. The lowest BCUT2D eigenvalue weighted by Gasteiger charge is -2.09. The zero-order valence-corrected chi connectivity index (χ0v) is 10.9. The zero-order chi connectivity index (χ0) is 14.8. The molecule has 0 spiro atoms. The summed E-state index contributed by atoms with van der Waals surface area (Å²) in [6.07, 6.45) is 1.62. The first-order chi connectivity index (χ1) is 10.2. The Morgan fingerprint density at radius 1 is 1.00 bits per heavy atom. The SMILES string of the molecule is N#Cc1ccc(-n2nccc2-c2ccc(O)cc2O)cc1. The largest absolute Gasteiger partial charge is 0.508 e. The van der Waals surface area contributed by atoms with E-state index in [-0.39, 0.29) is 11.5 Å². The van der Waals surface area contributed by atoms with E-state index in [9.17, 15) is 10.2 Å². The van der Waals surface area contributed by atoms with Crippen LogP contribution in [0.2, 0.25) is 0 Å². The van der Waals surface area contributed by atoms with Crippen LogP contribution in [0.3, 0.4) is 0 Å². The lowest BCUT2D eigenvalue weighted by atomic mass is 10.1. The topological polar surface area (TPSA) is 82.1 Å². The Morgan fingerprint density at radius 2 is 1.76 bits per heavy atom. The summed E-state index contributed by atoms with van der Waals surface area (Å²) in [5, 5.41) is 32.4. The van der Waals surface area contributed by atoms with Crippen molar-refractivity contribution in [3.63, 3.8) is 0 Å². The van der Waals surface area contributed by atoms with E-state index in [0.29, 0.717) is 16.8 Å². The van der Waals surface area contributed by atoms with Crippen molar-refractivity contribution in [2.75, 3.05) is 0 Å². The molecule has 5 heteroatoms. The molecule has 1 aromatic heterocycles. The van der Waals surface area contributed by atoms with E-state index in [4.69, 9.17) is 5.26 Å². The number of hydrogen-bond donors (Lipinski definition) is 2. The van der Waals surface area contributed by atoms with Crippen molar-refractivity contribution in [2.45, 2.75) is 0 Å². The summed E-state index contributed by atoms with van der Waals surface area (Å²) in [7, 11) is 0. The first-order valence-corrected chi connectivity index (χ1v) is 6.26. The van der Waals surface area contributed by atoms with Gasteiger partial charge in [-0.05, 0) is 42.5 Å². The summed E-state index contributed by atoms with van der Waals surface area (Å²) in [6.45, 7) is 0. The highest BCUT2D eigenvalue weighted by atomic mass is 16.3. The first kappa shape index (κ1) is 12.8. The molecule has 0 saturated heterocycles. The van der Waals surface area contributed by atoms with Crippen molar-refractivity contribution in [1.82, 2.24) is 9.78 Å². The molecule has 3 aromatic rings. The third-order valence-electron chi connectivity index (χ3n) is 3.14. The van der Waals surface area contributed by atoms with E-state index in [2.05, 4.69) is 11.2 Å². The third-order valence-corrected chi connectivity index (χ3v) is 3.14. The minimum absolute atomic E-state index is 0.000637. The van der Waals surface area contributed by atoms with Crippen LogP contribution in [0.15, 0.2) is 54.7 Å². The highest BCUT2D eigenvalue weighted by Crippen LogP contribution is 2.32. The Balaban J connectivity index is 2.10. The molecule has 1 heterocycles. The third kappa shape index (κ3) is 2.30. The monoisotopic (exact) mass is 277 g/mol. The molecule has 0 aliphatic carbocycles. The fourth-order valence-electron chi connectivity index (χ4n) is 2.13. The number of hydrogen-bond acceptors (Lipinski definition) is 4. The van der Waals surface area contributed by atoms with Gasteiger partial charge in [0.05, 0.1) is 29.2 Å². The van der Waals surface area contributed by atoms with Gasteiger partial charge >= 0.3 is 0 Å². The molecule has 2 aromatic carbocycles. The summed E-state index contributed by atoms with van der Waals surface area (Å²) >= 11 is 0. The molecule has 0 amide bonds. The van der Waals surface area contributed by atoms with Gasteiger partial charge in [0.25, 0.3) is 0 Å². The van der Waals surface area contributed by atoms with Crippen LogP contribution in [-0.4, -0.2) is 20.0 Å². The number of benzene rings is 2. The molecule has 0 aliphatic heterocycles. The maximum absolute atomic E-state index is 9.97. The molecule has 0 unspecified atom stereocenters. The van der Waals surface area contributed by atoms with E-state index in [1.54, 1.807) is 47.3 Å². The van der Waals surface area contributed by atoms with Gasteiger partial charge in [-0.2, -0.15) is 10.4 Å². The van der Waals surface area contributed by atoms with Gasteiger partial charge in [0, 0.05) is 11.6 Å². The van der Waals surface area contributed by atoms with Crippen LogP contribution in [-0.2, 0) is 0 Å². The predicted octanol–water partition coefficient (Wildman–Crippen LogP) is 2.82. The van der Waals surface area contributed by atoms with Crippen LogP contribution >= 0.6 is 0 Å². The van der Waals surface area contributed by atoms with Crippen LogP contribution in [0.5, 0.6) is 11.5 Å². The van der Waals surface area contributed by atoms with E-state index in [1.807, 2.05) is 0 Å². The quantitative estimate of drug-likeness (QED) is 0.754. The second kappa shape index (κ2) is 5.02. The molecule has 3 rings (SSSR count). The molecule has 0 radical (unpaired) electrons. The molecular weight excluding hydrogens is 266 g/mol. The second-order valence-electron chi connectivity index (χ2n) is 4.49. The number of nitriles is 1. The molecule has 0 fully saturated rings. The lowest BCUT2D eigenvalue weighted by molar-refractivity contribution is 0.451. The van der Waals surface area contributed by atoms with Crippen LogP contribution in [0.1, 0.15) is 5.56 Å². The Hall–Kier alpha value is -3.26. The Morgan fingerprint density at radius 3 is 2.43 bits per heavy atom. The molecule has 102 valence electrons. The van der Waals surface area contributed by atoms with Gasteiger partial charge in [0.1, 0.15) is 11.5 Å². The average molecular weight is 277 g/mol. The standard InChI is InChI=1S/C16H11N3O2/c17-10-11-1-3-12(4-2-11)19-15(7-8-18-19)14-6-5-13(20)9-16(14)21/h1-9,20-21H. The number of phenols is 2. The molecule has 5 nitrogen and oxygen atoms in total. The van der Waals surface area contributed by atoms with Gasteiger partial charge in [0.15, 0.2) is 0 Å². The van der Waals surface area contributed by atoms with Crippen molar-refractivity contribution >= 4 is 0 Å². The fourth-order valence-corrected chi connectivity index (χ4v) is 2.13. The van der Waals surface area contributed by atoms with Crippen LogP contribution < -0.4 is 0 Å². The molecule has 0 atom stereocenters. The van der Waals surface area contributed by atoms with Crippen LogP contribution in [0.4, 0.5) is 0 Å². The van der Waals surface area contributed by atoms with Gasteiger partial charge in [-0.25, -0.2) is 4.68 Å². The maximum Gasteiger partial charge on any atom is 0.128 e. The smallest absolute Gasteiger partial charge is 0.128 e. The van der Waals surface area contributed by atoms with E-state index >= 15 is 0 Å². The van der Waals surface area contributed by atoms with E-state index in [0.717, 1.165) is 5.69 Å². The predicted molar refractivity (Wildman–Crippen MR) is 77.0 cm³/mol. The number of aromatic hydroxyl groups is 2. The number of rotatable bonds is 2. The van der Waals surface area contributed by atoms with Gasteiger partial charge < -0.3 is 10.2 Å². The van der Waals surface area contributed by atoms with Crippen LogP contribution in [0.25, 0.3) is 16.9 Å². The molecule has 0 saturated carbocycles. The minimum atomic E-state index is -0.0228. The Labute approximate surface area is 120 Å². The summed E-state index contributed by atoms with van der Waals surface area (Å²) < 4.78 is 1.66. The van der Waals surface area contributed by atoms with Gasteiger partial charge in [-0.15, -0.1) is 0 Å². The Bertz CT molecular complexity index is 829. The van der Waals surface area contributed by atoms with E-state index < -0.39 is 0 Å². The summed E-state index contributed by atoms with van der Waals surface area (Å²) in [4.78, 5) is 0. The summed E-state index contributed by atoms with van der Waals surface area (Å²) in [6, 6.07) is 15.2. The molecular formula is C16H11N3O2. The van der Waals surface area contributed by atoms with Crippen molar-refractivity contribution in [3.05, 3.63) is 60.3 Å². The first-order valence-electron chi connectivity index (χ1n) is 6.26. The Kier molecular flexibility index (Phi) is 3.05. The molecule has 21 heavy (non-hydrogen) atoms. The normalized spacial score (nSPS) is 10.2. The van der Waals surface area contributed by atoms with Crippen LogP contribution in [0, 0.1) is 11.3 Å². The zero-order valence-electron chi connectivity index (χ0n) is 10.9. The second-order valence-corrected chi connectivity index (χ2v) is 4.49. The fraction of sp³-hybridized carbons (Fsp3) is 0. The van der Waals surface area contributed by atoms with Crippen molar-refractivity contribution in [1.29, 1.82) is 5.26 Å². The average Bonchev–Trinajstić information content (AvgIpc) is 2.96. The maximum atomic E-state index is 9.97. The number of nitrogens with zero attached hydrogens (tertiary/aromatic N) is 3. The van der Waals surface area contributed by atoms with Crippen molar-refractivity contribution in [3.8, 4) is 34.5 Å². The van der Waals surface area contributed by atoms with Gasteiger partial charge in [-0.1, -0.05) is 0 Å². The number of aromatic nitrogens is 2. The molecule has 0 aliphatic rings. The molecule has 2 N–H and O–H groups in total.